The number of rotatable bonds is 7. The third-order valence-corrected chi connectivity index (χ3v) is 5.32. The lowest BCUT2D eigenvalue weighted by atomic mass is 10.0. The van der Waals surface area contributed by atoms with Crippen molar-refractivity contribution in [2.75, 3.05) is 13.2 Å². The number of fused-ring (bicyclic) bond motifs is 1. The van der Waals surface area contributed by atoms with Gasteiger partial charge in [-0.2, -0.15) is 5.10 Å². The highest BCUT2D eigenvalue weighted by Gasteiger charge is 2.27. The van der Waals surface area contributed by atoms with Gasteiger partial charge in [-0.1, -0.05) is 18.2 Å². The van der Waals surface area contributed by atoms with Crippen LogP contribution in [0.4, 0.5) is 0 Å². The number of aryl methyl sites for hydroxylation is 2. The Kier molecular flexibility index (Phi) is 5.32. The number of ether oxygens (including phenoxy) is 1. The summed E-state index contributed by atoms with van der Waals surface area (Å²) in [5.41, 5.74) is 3.16. The average Bonchev–Trinajstić information content (AvgIpc) is 3.47. The molecule has 2 amide bonds. The molecule has 7 nitrogen and oxygen atoms in total. The first-order chi connectivity index (χ1) is 13.6. The molecule has 7 heteroatoms. The van der Waals surface area contributed by atoms with Crippen LogP contribution >= 0.6 is 0 Å². The maximum absolute atomic E-state index is 12.6. The van der Waals surface area contributed by atoms with Gasteiger partial charge in [-0.15, -0.1) is 0 Å². The van der Waals surface area contributed by atoms with Crippen molar-refractivity contribution in [3.8, 4) is 5.75 Å². The highest BCUT2D eigenvalue weighted by Crippen LogP contribution is 2.24. The molecule has 0 spiro atoms. The Hall–Kier alpha value is -2.83. The molecule has 0 atom stereocenters. The molecule has 1 aliphatic heterocycles. The first-order valence-corrected chi connectivity index (χ1v) is 9.89. The van der Waals surface area contributed by atoms with Crippen LogP contribution in [-0.2, 0) is 36.0 Å². The fourth-order valence-electron chi connectivity index (χ4n) is 3.60. The van der Waals surface area contributed by atoms with Crippen molar-refractivity contribution in [3.63, 3.8) is 0 Å². The van der Waals surface area contributed by atoms with Crippen molar-refractivity contribution < 1.29 is 14.3 Å². The summed E-state index contributed by atoms with van der Waals surface area (Å²) in [6.45, 7) is 1.21. The van der Waals surface area contributed by atoms with E-state index in [0.29, 0.717) is 37.7 Å². The quantitative estimate of drug-likeness (QED) is 0.789. The molecule has 1 saturated carbocycles. The fraction of sp³-hybridized carbons (Fsp3) is 0.476. The topological polar surface area (TPSA) is 76.5 Å². The van der Waals surface area contributed by atoms with E-state index in [0.717, 1.165) is 36.2 Å². The summed E-state index contributed by atoms with van der Waals surface area (Å²) in [7, 11) is 1.93. The molecule has 1 aromatic heterocycles. The number of carbonyl (C=O) groups excluding carboxylic acids is 2. The standard InChI is InChI=1S/C21H26N4O3/c1-24-19-11-12-25(21(27)14-28-16-5-3-2-4-6-16)13-17(19)18(23-24)9-10-20(26)22-15-7-8-15/h2-6,15H,7-14H2,1H3,(H,22,26). The maximum Gasteiger partial charge on any atom is 0.260 e. The number of para-hydroxylation sites is 1. The number of nitrogens with zero attached hydrogens (tertiary/aromatic N) is 3. The van der Waals surface area contributed by atoms with E-state index in [4.69, 9.17) is 4.74 Å². The molecular weight excluding hydrogens is 356 g/mol. The summed E-state index contributed by atoms with van der Waals surface area (Å²) in [6, 6.07) is 9.74. The summed E-state index contributed by atoms with van der Waals surface area (Å²) >= 11 is 0. The van der Waals surface area contributed by atoms with E-state index >= 15 is 0 Å². The molecular formula is C21H26N4O3. The molecule has 1 fully saturated rings. The predicted octanol–water partition coefficient (Wildman–Crippen LogP) is 1.59. The van der Waals surface area contributed by atoms with Gasteiger partial charge in [0.05, 0.1) is 5.69 Å². The van der Waals surface area contributed by atoms with E-state index in [1.54, 1.807) is 0 Å². The predicted molar refractivity (Wildman–Crippen MR) is 104 cm³/mol. The average molecular weight is 382 g/mol. The lowest BCUT2D eigenvalue weighted by molar-refractivity contribution is -0.134. The largest absolute Gasteiger partial charge is 0.484 e. The van der Waals surface area contributed by atoms with Crippen LogP contribution in [0.5, 0.6) is 5.75 Å². The molecule has 4 rings (SSSR count). The molecule has 2 aliphatic rings. The highest BCUT2D eigenvalue weighted by atomic mass is 16.5. The van der Waals surface area contributed by atoms with Gasteiger partial charge in [-0.25, -0.2) is 0 Å². The zero-order chi connectivity index (χ0) is 19.5. The second-order valence-corrected chi connectivity index (χ2v) is 7.50. The van der Waals surface area contributed by atoms with E-state index in [1.165, 1.54) is 0 Å². The van der Waals surface area contributed by atoms with Crippen LogP contribution in [0, 0.1) is 0 Å². The molecule has 1 aromatic carbocycles. The molecule has 148 valence electrons. The van der Waals surface area contributed by atoms with Gasteiger partial charge in [0.1, 0.15) is 5.75 Å². The lowest BCUT2D eigenvalue weighted by Gasteiger charge is -2.27. The Bertz CT molecular complexity index is 858. The Morgan fingerprint density at radius 2 is 2.04 bits per heavy atom. The minimum Gasteiger partial charge on any atom is -0.484 e. The Morgan fingerprint density at radius 3 is 2.79 bits per heavy atom. The van der Waals surface area contributed by atoms with Crippen molar-refractivity contribution in [2.45, 2.75) is 44.7 Å². The summed E-state index contributed by atoms with van der Waals surface area (Å²) in [6.07, 6.45) is 3.99. The first-order valence-electron chi connectivity index (χ1n) is 9.89. The van der Waals surface area contributed by atoms with Gasteiger partial charge in [-0.3, -0.25) is 14.3 Å². The Labute approximate surface area is 164 Å². The molecule has 0 saturated heterocycles. The van der Waals surface area contributed by atoms with Gasteiger partial charge < -0.3 is 15.0 Å². The van der Waals surface area contributed by atoms with Gasteiger partial charge in [0.25, 0.3) is 5.91 Å². The number of aromatic nitrogens is 2. The van der Waals surface area contributed by atoms with Gasteiger partial charge >= 0.3 is 0 Å². The van der Waals surface area contributed by atoms with Crippen LogP contribution in [0.25, 0.3) is 0 Å². The monoisotopic (exact) mass is 382 g/mol. The smallest absolute Gasteiger partial charge is 0.260 e. The number of carbonyl (C=O) groups is 2. The zero-order valence-electron chi connectivity index (χ0n) is 16.2. The van der Waals surface area contributed by atoms with Gasteiger partial charge in [0.2, 0.25) is 5.91 Å². The second-order valence-electron chi connectivity index (χ2n) is 7.50. The van der Waals surface area contributed by atoms with E-state index < -0.39 is 0 Å². The lowest BCUT2D eigenvalue weighted by Crippen LogP contribution is -2.39. The summed E-state index contributed by atoms with van der Waals surface area (Å²) in [5, 5.41) is 7.63. The van der Waals surface area contributed by atoms with Crippen molar-refractivity contribution in [3.05, 3.63) is 47.3 Å². The van der Waals surface area contributed by atoms with Crippen molar-refractivity contribution in [1.82, 2.24) is 20.0 Å². The van der Waals surface area contributed by atoms with Gasteiger partial charge in [0.15, 0.2) is 6.61 Å². The normalized spacial score (nSPS) is 15.8. The molecule has 28 heavy (non-hydrogen) atoms. The third-order valence-electron chi connectivity index (χ3n) is 5.32. The zero-order valence-corrected chi connectivity index (χ0v) is 16.2. The molecule has 0 radical (unpaired) electrons. The van der Waals surface area contributed by atoms with Crippen LogP contribution in [-0.4, -0.2) is 45.7 Å². The number of nitrogens with one attached hydrogen (secondary N) is 1. The molecule has 1 aliphatic carbocycles. The van der Waals surface area contributed by atoms with Crippen molar-refractivity contribution >= 4 is 11.8 Å². The van der Waals surface area contributed by atoms with Gasteiger partial charge in [0, 0.05) is 56.7 Å². The van der Waals surface area contributed by atoms with E-state index in [2.05, 4.69) is 10.4 Å². The summed E-state index contributed by atoms with van der Waals surface area (Å²) < 4.78 is 7.50. The fourth-order valence-corrected chi connectivity index (χ4v) is 3.60. The molecule has 1 N–H and O–H groups in total. The minimum absolute atomic E-state index is 0.0265. The number of benzene rings is 1. The number of hydrogen-bond donors (Lipinski definition) is 1. The number of hydrogen-bond acceptors (Lipinski definition) is 4. The highest BCUT2D eigenvalue weighted by molar-refractivity contribution is 5.78. The SMILES string of the molecule is Cn1nc(CCC(=O)NC2CC2)c2c1CCN(C(=O)COc1ccccc1)C2. The van der Waals surface area contributed by atoms with Crippen molar-refractivity contribution in [1.29, 1.82) is 0 Å². The Balaban J connectivity index is 1.36. The van der Waals surface area contributed by atoms with E-state index in [9.17, 15) is 9.59 Å². The first kappa shape index (κ1) is 18.5. The van der Waals surface area contributed by atoms with Crippen LogP contribution in [0.2, 0.25) is 0 Å². The van der Waals surface area contributed by atoms with E-state index in [1.807, 2.05) is 47.0 Å². The summed E-state index contributed by atoms with van der Waals surface area (Å²) in [5.74, 6) is 0.745. The van der Waals surface area contributed by atoms with E-state index in [-0.39, 0.29) is 18.4 Å². The minimum atomic E-state index is -0.0317. The molecule has 0 unspecified atom stereocenters. The molecule has 0 bridgehead atoms. The Morgan fingerprint density at radius 1 is 1.25 bits per heavy atom. The van der Waals surface area contributed by atoms with Crippen LogP contribution in [0.15, 0.2) is 30.3 Å². The maximum atomic E-state index is 12.6. The van der Waals surface area contributed by atoms with Crippen LogP contribution < -0.4 is 10.1 Å². The molecule has 2 aromatic rings. The van der Waals surface area contributed by atoms with Crippen LogP contribution in [0.3, 0.4) is 0 Å². The van der Waals surface area contributed by atoms with Gasteiger partial charge in [-0.05, 0) is 25.0 Å². The number of amides is 2. The summed E-state index contributed by atoms with van der Waals surface area (Å²) in [4.78, 5) is 26.4. The third kappa shape index (κ3) is 4.35. The second kappa shape index (κ2) is 8.04. The van der Waals surface area contributed by atoms with Crippen molar-refractivity contribution in [2.24, 2.45) is 7.05 Å². The molecule has 2 heterocycles. The van der Waals surface area contributed by atoms with Crippen LogP contribution in [0.1, 0.15) is 36.2 Å².